The van der Waals surface area contributed by atoms with Gasteiger partial charge in [-0.05, 0) is 31.0 Å². The Balaban J connectivity index is 2.15. The first-order chi connectivity index (χ1) is 10.0. The first kappa shape index (κ1) is 15.0. The average molecular weight is 284 g/mol. The third-order valence-corrected chi connectivity index (χ3v) is 2.79. The van der Waals surface area contributed by atoms with E-state index in [1.807, 2.05) is 51.1 Å². The minimum Gasteiger partial charge on any atom is -0.350 e. The maximum Gasteiger partial charge on any atom is 0.270 e. The minimum absolute atomic E-state index is 0.176. The predicted octanol–water partition coefficient (Wildman–Crippen LogP) is 2.91. The third kappa shape index (κ3) is 4.56. The lowest BCUT2D eigenvalue weighted by atomic mass is 10.2. The number of nitrogens with zero attached hydrogens (tertiary/aromatic N) is 2. The average Bonchev–Trinajstić information content (AvgIpc) is 2.45. The number of benzene rings is 1. The molecule has 1 aromatic heterocycles. The van der Waals surface area contributed by atoms with Crippen LogP contribution < -0.4 is 10.6 Å². The molecule has 0 atom stereocenters. The number of aryl methyl sites for hydroxylation is 1. The number of hydrogen-bond donors (Lipinski definition) is 2. The molecule has 1 aromatic carbocycles. The van der Waals surface area contributed by atoms with Gasteiger partial charge in [-0.1, -0.05) is 32.0 Å². The van der Waals surface area contributed by atoms with Gasteiger partial charge in [0, 0.05) is 17.9 Å². The molecule has 0 fully saturated rings. The van der Waals surface area contributed by atoms with Crippen LogP contribution in [-0.2, 0) is 0 Å². The van der Waals surface area contributed by atoms with Crippen LogP contribution in [0.15, 0.2) is 36.4 Å². The van der Waals surface area contributed by atoms with Crippen molar-refractivity contribution in [2.45, 2.75) is 20.8 Å². The van der Waals surface area contributed by atoms with Crippen LogP contribution >= 0.6 is 0 Å². The SMILES string of the molecule is Cc1cc(C(=O)NCC(C)C)nc(Nc2ccccc2)n1. The fourth-order valence-electron chi connectivity index (χ4n) is 1.78. The second-order valence-corrected chi connectivity index (χ2v) is 5.31. The number of hydrogen-bond acceptors (Lipinski definition) is 4. The van der Waals surface area contributed by atoms with Crippen molar-refractivity contribution in [3.05, 3.63) is 47.8 Å². The van der Waals surface area contributed by atoms with Crippen LogP contribution in [0.1, 0.15) is 30.0 Å². The second kappa shape index (κ2) is 6.83. The maximum atomic E-state index is 12.1. The Morgan fingerprint density at radius 2 is 1.90 bits per heavy atom. The summed E-state index contributed by atoms with van der Waals surface area (Å²) in [5.41, 5.74) is 2.01. The van der Waals surface area contributed by atoms with Gasteiger partial charge >= 0.3 is 0 Å². The highest BCUT2D eigenvalue weighted by molar-refractivity contribution is 5.92. The number of nitrogens with one attached hydrogen (secondary N) is 2. The van der Waals surface area contributed by atoms with Crippen LogP contribution in [-0.4, -0.2) is 22.4 Å². The molecule has 1 amide bonds. The van der Waals surface area contributed by atoms with Gasteiger partial charge in [0.15, 0.2) is 0 Å². The molecule has 5 heteroatoms. The summed E-state index contributed by atoms with van der Waals surface area (Å²) in [6, 6.07) is 11.3. The summed E-state index contributed by atoms with van der Waals surface area (Å²) in [4.78, 5) is 20.7. The van der Waals surface area contributed by atoms with Gasteiger partial charge in [-0.25, -0.2) is 9.97 Å². The molecule has 0 aliphatic carbocycles. The monoisotopic (exact) mass is 284 g/mol. The first-order valence-electron chi connectivity index (χ1n) is 7.00. The highest BCUT2D eigenvalue weighted by Crippen LogP contribution is 2.13. The molecule has 2 aromatic rings. The molecule has 0 spiro atoms. The Morgan fingerprint density at radius 3 is 2.57 bits per heavy atom. The van der Waals surface area contributed by atoms with E-state index in [9.17, 15) is 4.79 Å². The molecule has 0 saturated carbocycles. The molecule has 0 aliphatic heterocycles. The minimum atomic E-state index is -0.176. The summed E-state index contributed by atoms with van der Waals surface area (Å²) in [7, 11) is 0. The van der Waals surface area contributed by atoms with Gasteiger partial charge < -0.3 is 10.6 Å². The quantitative estimate of drug-likeness (QED) is 0.886. The third-order valence-electron chi connectivity index (χ3n) is 2.79. The van der Waals surface area contributed by atoms with Crippen LogP contribution in [0.4, 0.5) is 11.6 Å². The van der Waals surface area contributed by atoms with Crippen LogP contribution in [0.25, 0.3) is 0 Å². The smallest absolute Gasteiger partial charge is 0.270 e. The van der Waals surface area contributed by atoms with Crippen molar-refractivity contribution in [2.75, 3.05) is 11.9 Å². The normalized spacial score (nSPS) is 10.5. The van der Waals surface area contributed by atoms with Crippen molar-refractivity contribution in [1.29, 1.82) is 0 Å². The Bertz CT molecular complexity index is 611. The lowest BCUT2D eigenvalue weighted by Crippen LogP contribution is -2.28. The van der Waals surface area contributed by atoms with E-state index in [4.69, 9.17) is 0 Å². The zero-order valence-corrected chi connectivity index (χ0v) is 12.6. The van der Waals surface area contributed by atoms with Gasteiger partial charge in [-0.3, -0.25) is 4.79 Å². The number of rotatable bonds is 5. The lowest BCUT2D eigenvalue weighted by molar-refractivity contribution is 0.0944. The van der Waals surface area contributed by atoms with Crippen LogP contribution in [0, 0.1) is 12.8 Å². The fourth-order valence-corrected chi connectivity index (χ4v) is 1.78. The molecule has 2 rings (SSSR count). The number of anilines is 2. The van der Waals surface area contributed by atoms with Crippen molar-refractivity contribution in [2.24, 2.45) is 5.92 Å². The summed E-state index contributed by atoms with van der Waals surface area (Å²) in [6.45, 7) is 6.57. The van der Waals surface area contributed by atoms with Gasteiger partial charge in [0.25, 0.3) is 5.91 Å². The van der Waals surface area contributed by atoms with Crippen molar-refractivity contribution in [3.8, 4) is 0 Å². The molecule has 0 unspecified atom stereocenters. The van der Waals surface area contributed by atoms with Gasteiger partial charge in [0.2, 0.25) is 5.95 Å². The zero-order valence-electron chi connectivity index (χ0n) is 12.6. The molecule has 110 valence electrons. The van der Waals surface area contributed by atoms with Crippen molar-refractivity contribution < 1.29 is 4.79 Å². The highest BCUT2D eigenvalue weighted by atomic mass is 16.1. The van der Waals surface area contributed by atoms with Gasteiger partial charge in [-0.15, -0.1) is 0 Å². The van der Waals surface area contributed by atoms with Crippen molar-refractivity contribution >= 4 is 17.5 Å². The number of carbonyl (C=O) groups excluding carboxylic acids is 1. The first-order valence-corrected chi connectivity index (χ1v) is 7.00. The second-order valence-electron chi connectivity index (χ2n) is 5.31. The van der Waals surface area contributed by atoms with E-state index in [-0.39, 0.29) is 5.91 Å². The summed E-state index contributed by atoms with van der Waals surface area (Å²) in [5, 5.41) is 5.96. The van der Waals surface area contributed by atoms with E-state index < -0.39 is 0 Å². The lowest BCUT2D eigenvalue weighted by Gasteiger charge is -2.10. The molecule has 2 N–H and O–H groups in total. The number of amides is 1. The Labute approximate surface area is 124 Å². The summed E-state index contributed by atoms with van der Waals surface area (Å²) < 4.78 is 0. The molecule has 1 heterocycles. The molecular weight excluding hydrogens is 264 g/mol. The van der Waals surface area contributed by atoms with E-state index in [1.54, 1.807) is 6.07 Å². The standard InChI is InChI=1S/C16H20N4O/c1-11(2)10-17-15(21)14-9-12(3)18-16(20-14)19-13-7-5-4-6-8-13/h4-9,11H,10H2,1-3H3,(H,17,21)(H,18,19,20). The fraction of sp³-hybridized carbons (Fsp3) is 0.312. The van der Waals surface area contributed by atoms with E-state index in [1.165, 1.54) is 0 Å². The summed E-state index contributed by atoms with van der Waals surface area (Å²) >= 11 is 0. The van der Waals surface area contributed by atoms with Crippen LogP contribution in [0.5, 0.6) is 0 Å². The zero-order chi connectivity index (χ0) is 15.2. The molecule has 0 saturated heterocycles. The van der Waals surface area contributed by atoms with Gasteiger partial charge in [-0.2, -0.15) is 0 Å². The molecule has 5 nitrogen and oxygen atoms in total. The van der Waals surface area contributed by atoms with Crippen molar-refractivity contribution in [1.82, 2.24) is 15.3 Å². The Hall–Kier alpha value is -2.43. The summed E-state index contributed by atoms with van der Waals surface area (Å²) in [6.07, 6.45) is 0. The molecule has 0 bridgehead atoms. The summed E-state index contributed by atoms with van der Waals surface area (Å²) in [5.74, 6) is 0.653. The van der Waals surface area contributed by atoms with E-state index in [0.717, 1.165) is 11.4 Å². The predicted molar refractivity (Wildman–Crippen MR) is 83.7 cm³/mol. The molecule has 0 aliphatic rings. The number of aromatic nitrogens is 2. The highest BCUT2D eigenvalue weighted by Gasteiger charge is 2.11. The van der Waals surface area contributed by atoms with E-state index in [0.29, 0.717) is 24.1 Å². The van der Waals surface area contributed by atoms with Crippen LogP contribution in [0.3, 0.4) is 0 Å². The Morgan fingerprint density at radius 1 is 1.19 bits per heavy atom. The van der Waals surface area contributed by atoms with E-state index >= 15 is 0 Å². The van der Waals surface area contributed by atoms with Crippen molar-refractivity contribution in [3.63, 3.8) is 0 Å². The molecular formula is C16H20N4O. The molecule has 21 heavy (non-hydrogen) atoms. The van der Waals surface area contributed by atoms with Crippen LogP contribution in [0.2, 0.25) is 0 Å². The van der Waals surface area contributed by atoms with Gasteiger partial charge in [0.1, 0.15) is 5.69 Å². The van der Waals surface area contributed by atoms with E-state index in [2.05, 4.69) is 20.6 Å². The van der Waals surface area contributed by atoms with Gasteiger partial charge in [0.05, 0.1) is 0 Å². The number of carbonyl (C=O) groups is 1. The topological polar surface area (TPSA) is 66.9 Å². The maximum absolute atomic E-state index is 12.1. The Kier molecular flexibility index (Phi) is 4.87. The largest absolute Gasteiger partial charge is 0.350 e. The number of para-hydroxylation sites is 1. The molecule has 0 radical (unpaired) electrons.